The van der Waals surface area contributed by atoms with Crippen molar-refractivity contribution in [1.29, 1.82) is 5.26 Å². The van der Waals surface area contributed by atoms with Gasteiger partial charge in [0.05, 0.1) is 17.7 Å². The number of aliphatic carboxylic acids is 1. The van der Waals surface area contributed by atoms with E-state index in [-0.39, 0.29) is 12.0 Å². The first-order valence-electron chi connectivity index (χ1n) is 5.56. The molecule has 0 aliphatic heterocycles. The van der Waals surface area contributed by atoms with E-state index in [9.17, 15) is 9.18 Å². The molecule has 1 heterocycles. The highest BCUT2D eigenvalue weighted by atomic mass is 32.2. The van der Waals surface area contributed by atoms with E-state index in [0.29, 0.717) is 21.3 Å². The molecule has 2 rings (SSSR count). The molecule has 1 aromatic carbocycles. The highest BCUT2D eigenvalue weighted by Gasteiger charge is 2.10. The lowest BCUT2D eigenvalue weighted by Crippen LogP contribution is -1.99. The molecule has 102 valence electrons. The summed E-state index contributed by atoms with van der Waals surface area (Å²) in [5.41, 5.74) is 0.953. The summed E-state index contributed by atoms with van der Waals surface area (Å²) in [6, 6.07) is 6.48. The van der Waals surface area contributed by atoms with Crippen LogP contribution in [0.1, 0.15) is 16.8 Å². The van der Waals surface area contributed by atoms with Crippen LogP contribution in [0.2, 0.25) is 0 Å². The Labute approximate surface area is 122 Å². The molecule has 0 fully saturated rings. The van der Waals surface area contributed by atoms with E-state index in [1.165, 1.54) is 29.2 Å². The van der Waals surface area contributed by atoms with Crippen LogP contribution >= 0.6 is 23.1 Å². The first-order chi connectivity index (χ1) is 9.60. The van der Waals surface area contributed by atoms with E-state index < -0.39 is 11.8 Å². The van der Waals surface area contributed by atoms with Crippen LogP contribution in [0.15, 0.2) is 27.9 Å². The third kappa shape index (κ3) is 3.56. The Morgan fingerprint density at radius 2 is 2.35 bits per heavy atom. The maximum absolute atomic E-state index is 13.8. The molecule has 1 N–H and O–H groups in total. The Balaban J connectivity index is 2.04. The summed E-state index contributed by atoms with van der Waals surface area (Å²) in [6.07, 6.45) is -0.116. The molecule has 0 aliphatic carbocycles. The van der Waals surface area contributed by atoms with Crippen molar-refractivity contribution in [1.82, 2.24) is 4.98 Å². The Morgan fingerprint density at radius 3 is 3.05 bits per heavy atom. The zero-order valence-electron chi connectivity index (χ0n) is 10.2. The molecular formula is C13H9FN2O2S2. The lowest BCUT2D eigenvalue weighted by atomic mass is 10.1. The maximum atomic E-state index is 13.8. The zero-order valence-corrected chi connectivity index (χ0v) is 11.8. The number of benzene rings is 1. The van der Waals surface area contributed by atoms with Gasteiger partial charge in [-0.05, 0) is 11.6 Å². The fraction of sp³-hybridized carbons (Fsp3) is 0.154. The smallest absolute Gasteiger partial charge is 0.309 e. The van der Waals surface area contributed by atoms with Gasteiger partial charge in [0.25, 0.3) is 0 Å². The van der Waals surface area contributed by atoms with E-state index >= 15 is 0 Å². The number of hydrogen-bond acceptors (Lipinski definition) is 5. The van der Waals surface area contributed by atoms with Crippen LogP contribution in [0, 0.1) is 17.1 Å². The molecule has 0 bridgehead atoms. The van der Waals surface area contributed by atoms with Crippen LogP contribution in [-0.4, -0.2) is 16.1 Å². The van der Waals surface area contributed by atoms with Crippen LogP contribution < -0.4 is 0 Å². The second kappa shape index (κ2) is 6.50. The van der Waals surface area contributed by atoms with Crippen LogP contribution in [0.25, 0.3) is 0 Å². The molecule has 0 saturated heterocycles. The van der Waals surface area contributed by atoms with Gasteiger partial charge in [-0.25, -0.2) is 9.37 Å². The monoisotopic (exact) mass is 308 g/mol. The van der Waals surface area contributed by atoms with Gasteiger partial charge in [0.2, 0.25) is 0 Å². The third-order valence-corrected chi connectivity index (χ3v) is 4.53. The molecule has 0 aliphatic rings. The quantitative estimate of drug-likeness (QED) is 0.859. The van der Waals surface area contributed by atoms with Crippen molar-refractivity contribution >= 4 is 29.1 Å². The minimum atomic E-state index is -0.931. The standard InChI is InChI=1S/C13H9FN2O2S2/c14-12-8(5-15)2-1-3-9(12)6-19-13-16-10(7-20-13)4-11(17)18/h1-3,7H,4,6H2,(H,17,18). The summed E-state index contributed by atoms with van der Waals surface area (Å²) in [5, 5.41) is 19.1. The van der Waals surface area contributed by atoms with Gasteiger partial charge < -0.3 is 5.11 Å². The Bertz CT molecular complexity index is 679. The Morgan fingerprint density at radius 1 is 1.55 bits per heavy atom. The highest BCUT2D eigenvalue weighted by molar-refractivity contribution is 8.00. The first-order valence-corrected chi connectivity index (χ1v) is 7.43. The van der Waals surface area contributed by atoms with Gasteiger partial charge in [0, 0.05) is 11.1 Å². The molecule has 4 nitrogen and oxygen atoms in total. The summed E-state index contributed by atoms with van der Waals surface area (Å²) in [4.78, 5) is 14.7. The molecule has 0 amide bonds. The molecular weight excluding hydrogens is 299 g/mol. The average molecular weight is 308 g/mol. The summed E-state index contributed by atoms with van der Waals surface area (Å²) >= 11 is 2.65. The minimum Gasteiger partial charge on any atom is -0.481 e. The number of aromatic nitrogens is 1. The number of hydrogen-bond donors (Lipinski definition) is 1. The van der Waals surface area contributed by atoms with Gasteiger partial charge in [-0.3, -0.25) is 4.79 Å². The molecule has 0 unspecified atom stereocenters. The SMILES string of the molecule is N#Cc1cccc(CSc2nc(CC(=O)O)cs2)c1F. The van der Waals surface area contributed by atoms with Crippen molar-refractivity contribution in [2.24, 2.45) is 0 Å². The normalized spacial score (nSPS) is 10.2. The predicted molar refractivity (Wildman–Crippen MR) is 74.1 cm³/mol. The summed E-state index contributed by atoms with van der Waals surface area (Å²) < 4.78 is 14.5. The van der Waals surface area contributed by atoms with E-state index in [1.54, 1.807) is 23.6 Å². The fourth-order valence-electron chi connectivity index (χ4n) is 1.51. The van der Waals surface area contributed by atoms with Gasteiger partial charge in [0.1, 0.15) is 16.2 Å². The van der Waals surface area contributed by atoms with Crippen molar-refractivity contribution in [3.63, 3.8) is 0 Å². The van der Waals surface area contributed by atoms with Crippen LogP contribution in [0.5, 0.6) is 0 Å². The van der Waals surface area contributed by atoms with Gasteiger partial charge >= 0.3 is 5.97 Å². The van der Waals surface area contributed by atoms with Crippen molar-refractivity contribution in [3.8, 4) is 6.07 Å². The number of nitrogens with zero attached hydrogens (tertiary/aromatic N) is 2. The van der Waals surface area contributed by atoms with E-state index in [2.05, 4.69) is 4.98 Å². The van der Waals surface area contributed by atoms with Gasteiger partial charge in [0.15, 0.2) is 0 Å². The molecule has 7 heteroatoms. The number of nitriles is 1. The summed E-state index contributed by atoms with van der Waals surface area (Å²) in [5.74, 6) is -1.09. The molecule has 0 radical (unpaired) electrons. The van der Waals surface area contributed by atoms with E-state index in [0.717, 1.165) is 0 Å². The zero-order chi connectivity index (χ0) is 14.5. The number of carbonyl (C=O) groups is 1. The first kappa shape index (κ1) is 14.5. The second-order valence-electron chi connectivity index (χ2n) is 3.85. The van der Waals surface area contributed by atoms with E-state index in [1.807, 2.05) is 0 Å². The van der Waals surface area contributed by atoms with Crippen molar-refractivity contribution in [2.75, 3.05) is 0 Å². The molecule has 0 saturated carbocycles. The highest BCUT2D eigenvalue weighted by Crippen LogP contribution is 2.27. The Hall–Kier alpha value is -1.91. The number of carboxylic acid groups (broad SMARTS) is 1. The maximum Gasteiger partial charge on any atom is 0.309 e. The Kier molecular flexibility index (Phi) is 4.71. The second-order valence-corrected chi connectivity index (χ2v) is 5.93. The average Bonchev–Trinajstić information content (AvgIpc) is 2.84. The minimum absolute atomic E-state index is 0.0220. The van der Waals surface area contributed by atoms with Gasteiger partial charge in [-0.1, -0.05) is 23.9 Å². The molecule has 0 spiro atoms. The van der Waals surface area contributed by atoms with E-state index in [4.69, 9.17) is 10.4 Å². The van der Waals surface area contributed by atoms with Crippen molar-refractivity contribution in [2.45, 2.75) is 16.5 Å². The van der Waals surface area contributed by atoms with Gasteiger partial charge in [-0.15, -0.1) is 11.3 Å². The fourth-order valence-corrected chi connectivity index (χ4v) is 3.33. The predicted octanol–water partition coefficient (Wildman–Crippen LogP) is 3.07. The number of rotatable bonds is 5. The number of thioether (sulfide) groups is 1. The topological polar surface area (TPSA) is 74.0 Å². The lowest BCUT2D eigenvalue weighted by molar-refractivity contribution is -0.136. The molecule has 2 aromatic rings. The molecule has 20 heavy (non-hydrogen) atoms. The molecule has 1 aromatic heterocycles. The van der Waals surface area contributed by atoms with Gasteiger partial charge in [-0.2, -0.15) is 5.26 Å². The largest absolute Gasteiger partial charge is 0.481 e. The van der Waals surface area contributed by atoms with Crippen LogP contribution in [-0.2, 0) is 17.0 Å². The number of halogens is 1. The van der Waals surface area contributed by atoms with Crippen molar-refractivity contribution in [3.05, 3.63) is 46.2 Å². The number of carboxylic acids is 1. The summed E-state index contributed by atoms with van der Waals surface area (Å²) in [7, 11) is 0. The van der Waals surface area contributed by atoms with Crippen LogP contribution in [0.4, 0.5) is 4.39 Å². The summed E-state index contributed by atoms with van der Waals surface area (Å²) in [6.45, 7) is 0. The third-order valence-electron chi connectivity index (χ3n) is 2.41. The van der Waals surface area contributed by atoms with Crippen molar-refractivity contribution < 1.29 is 14.3 Å². The molecule has 0 atom stereocenters. The van der Waals surface area contributed by atoms with Crippen LogP contribution in [0.3, 0.4) is 0 Å². The lowest BCUT2D eigenvalue weighted by Gasteiger charge is -2.02. The number of thiazole rings is 1.